The fourth-order valence-electron chi connectivity index (χ4n) is 4.91. The summed E-state index contributed by atoms with van der Waals surface area (Å²) in [6.45, 7) is 2.46. The lowest BCUT2D eigenvalue weighted by Gasteiger charge is -2.23. The molecule has 0 aromatic carbocycles. The van der Waals surface area contributed by atoms with Crippen LogP contribution in [-0.2, 0) is 4.74 Å². The van der Waals surface area contributed by atoms with Crippen molar-refractivity contribution in [3.05, 3.63) is 0 Å². The summed E-state index contributed by atoms with van der Waals surface area (Å²) in [6.07, 6.45) is 14.5. The molecule has 4 aliphatic carbocycles. The smallest absolute Gasteiger partial charge is 0.0681 e. The van der Waals surface area contributed by atoms with Gasteiger partial charge in [-0.15, -0.1) is 0 Å². The molecule has 0 atom stereocenters. The van der Waals surface area contributed by atoms with Crippen LogP contribution in [0.15, 0.2) is 0 Å². The van der Waals surface area contributed by atoms with Crippen molar-refractivity contribution in [2.45, 2.75) is 76.7 Å². The summed E-state index contributed by atoms with van der Waals surface area (Å²) in [7, 11) is 1.87. The third-order valence-electron chi connectivity index (χ3n) is 6.20. The highest BCUT2D eigenvalue weighted by Crippen LogP contribution is 2.53. The van der Waals surface area contributed by atoms with Gasteiger partial charge in [0.1, 0.15) is 0 Å². The molecule has 1 heteroatoms. The van der Waals surface area contributed by atoms with Crippen LogP contribution in [0.5, 0.6) is 0 Å². The maximum absolute atomic E-state index is 5.49. The van der Waals surface area contributed by atoms with Crippen LogP contribution < -0.4 is 0 Å². The van der Waals surface area contributed by atoms with Crippen LogP contribution in [0.25, 0.3) is 0 Å². The molecule has 1 nitrogen and oxygen atoms in total. The Morgan fingerprint density at radius 1 is 0.824 bits per heavy atom. The molecule has 0 aliphatic heterocycles. The second kappa shape index (κ2) is 4.26. The van der Waals surface area contributed by atoms with Gasteiger partial charge in [0.15, 0.2) is 0 Å². The molecule has 17 heavy (non-hydrogen) atoms. The first-order valence-electron chi connectivity index (χ1n) is 7.68. The standard InChI is InChI=1S/C8H14O.C8H14/c1-9-8-4-2-7(6-8)3-5-8;1-8-4-2-7(6-8)3-5-8/h7H,2-6H2,1H3;7H,2-6H2,1H3. The molecule has 4 fully saturated rings. The summed E-state index contributed by atoms with van der Waals surface area (Å²) >= 11 is 0. The van der Waals surface area contributed by atoms with Crippen molar-refractivity contribution < 1.29 is 4.74 Å². The highest BCUT2D eigenvalue weighted by atomic mass is 16.5. The van der Waals surface area contributed by atoms with Gasteiger partial charge in [0, 0.05) is 7.11 Å². The van der Waals surface area contributed by atoms with E-state index in [0.29, 0.717) is 5.60 Å². The van der Waals surface area contributed by atoms with Crippen LogP contribution in [0.1, 0.15) is 71.1 Å². The number of methoxy groups -OCH3 is 1. The maximum Gasteiger partial charge on any atom is 0.0681 e. The third-order valence-corrected chi connectivity index (χ3v) is 6.20. The molecule has 4 bridgehead atoms. The second-order valence-corrected chi connectivity index (χ2v) is 7.49. The van der Waals surface area contributed by atoms with Gasteiger partial charge < -0.3 is 4.74 Å². The lowest BCUT2D eigenvalue weighted by molar-refractivity contribution is -0.000287. The van der Waals surface area contributed by atoms with E-state index in [2.05, 4.69) is 6.92 Å². The highest BCUT2D eigenvalue weighted by molar-refractivity contribution is 4.97. The van der Waals surface area contributed by atoms with Gasteiger partial charge in [0.25, 0.3) is 0 Å². The molecule has 4 aliphatic rings. The largest absolute Gasteiger partial charge is 0.378 e. The molecule has 98 valence electrons. The van der Waals surface area contributed by atoms with Crippen LogP contribution in [0.3, 0.4) is 0 Å². The van der Waals surface area contributed by atoms with Crippen molar-refractivity contribution in [3.63, 3.8) is 0 Å². The number of hydrogen-bond donors (Lipinski definition) is 0. The van der Waals surface area contributed by atoms with E-state index in [0.717, 1.165) is 17.3 Å². The monoisotopic (exact) mass is 236 g/mol. The molecule has 0 amide bonds. The quantitative estimate of drug-likeness (QED) is 0.649. The normalized spacial score (nSPS) is 50.5. The molecule has 0 aromatic heterocycles. The molecule has 0 aromatic rings. The van der Waals surface area contributed by atoms with Gasteiger partial charge >= 0.3 is 0 Å². The van der Waals surface area contributed by atoms with E-state index in [1.165, 1.54) is 57.8 Å². The molecule has 0 spiro atoms. The molecule has 0 N–H and O–H groups in total. The van der Waals surface area contributed by atoms with Gasteiger partial charge in [-0.3, -0.25) is 0 Å². The van der Waals surface area contributed by atoms with Crippen LogP contribution >= 0.6 is 0 Å². The first-order chi connectivity index (χ1) is 8.13. The Bertz CT molecular complexity index is 267. The summed E-state index contributed by atoms with van der Waals surface area (Å²) in [6, 6.07) is 0. The van der Waals surface area contributed by atoms with Gasteiger partial charge in [-0.1, -0.05) is 6.92 Å². The number of rotatable bonds is 1. The zero-order chi connectivity index (χ0) is 11.9. The van der Waals surface area contributed by atoms with Crippen molar-refractivity contribution in [3.8, 4) is 0 Å². The van der Waals surface area contributed by atoms with Crippen molar-refractivity contribution in [2.75, 3.05) is 7.11 Å². The highest BCUT2D eigenvalue weighted by Gasteiger charge is 2.44. The molecule has 0 heterocycles. The number of ether oxygens (including phenoxy) is 1. The Kier molecular flexibility index (Phi) is 3.01. The minimum Gasteiger partial charge on any atom is -0.378 e. The summed E-state index contributed by atoms with van der Waals surface area (Å²) < 4.78 is 5.49. The van der Waals surface area contributed by atoms with Crippen molar-refractivity contribution in [2.24, 2.45) is 17.3 Å². The summed E-state index contributed by atoms with van der Waals surface area (Å²) in [4.78, 5) is 0. The van der Waals surface area contributed by atoms with E-state index in [4.69, 9.17) is 4.74 Å². The predicted molar refractivity (Wildman–Crippen MR) is 71.0 cm³/mol. The Hall–Kier alpha value is -0.0400. The minimum atomic E-state index is 0.352. The van der Waals surface area contributed by atoms with E-state index in [1.807, 2.05) is 7.11 Å². The molecule has 0 radical (unpaired) electrons. The first kappa shape index (κ1) is 12.0. The van der Waals surface area contributed by atoms with E-state index in [1.54, 1.807) is 6.42 Å². The molecule has 0 saturated heterocycles. The topological polar surface area (TPSA) is 9.23 Å². The average Bonchev–Trinajstić information content (AvgIpc) is 3.08. The van der Waals surface area contributed by atoms with E-state index < -0.39 is 0 Å². The Morgan fingerprint density at radius 2 is 1.35 bits per heavy atom. The summed E-state index contributed by atoms with van der Waals surface area (Å²) in [5, 5.41) is 0. The second-order valence-electron chi connectivity index (χ2n) is 7.49. The van der Waals surface area contributed by atoms with Gasteiger partial charge in [0.2, 0.25) is 0 Å². The van der Waals surface area contributed by atoms with Crippen LogP contribution in [-0.4, -0.2) is 12.7 Å². The molecular formula is C16H28O. The lowest BCUT2D eigenvalue weighted by atomic mass is 9.87. The Labute approximate surface area is 106 Å². The maximum atomic E-state index is 5.49. The van der Waals surface area contributed by atoms with Crippen LogP contribution in [0, 0.1) is 17.3 Å². The van der Waals surface area contributed by atoms with Crippen molar-refractivity contribution >= 4 is 0 Å². The zero-order valence-corrected chi connectivity index (χ0v) is 11.6. The van der Waals surface area contributed by atoms with Crippen molar-refractivity contribution in [1.29, 1.82) is 0 Å². The zero-order valence-electron chi connectivity index (χ0n) is 11.6. The molecule has 0 unspecified atom stereocenters. The number of fused-ring (bicyclic) bond motifs is 4. The molecular weight excluding hydrogens is 208 g/mol. The third kappa shape index (κ3) is 2.28. The van der Waals surface area contributed by atoms with Crippen molar-refractivity contribution in [1.82, 2.24) is 0 Å². The van der Waals surface area contributed by atoms with Crippen LogP contribution in [0.2, 0.25) is 0 Å². The van der Waals surface area contributed by atoms with Gasteiger partial charge in [0.05, 0.1) is 5.60 Å². The van der Waals surface area contributed by atoms with Gasteiger partial charge in [-0.2, -0.15) is 0 Å². The van der Waals surface area contributed by atoms with E-state index in [9.17, 15) is 0 Å². The summed E-state index contributed by atoms with van der Waals surface area (Å²) in [5.41, 5.74) is 1.16. The fraction of sp³-hybridized carbons (Fsp3) is 1.00. The lowest BCUT2D eigenvalue weighted by Crippen LogP contribution is -2.24. The summed E-state index contributed by atoms with van der Waals surface area (Å²) in [5.74, 6) is 2.16. The average molecular weight is 236 g/mol. The Balaban J connectivity index is 0.000000107. The molecule has 4 rings (SSSR count). The SMILES string of the molecule is CC12CCC(CC1)C2.COC12CCC(CC1)C2. The molecule has 4 saturated carbocycles. The van der Waals surface area contributed by atoms with Crippen LogP contribution in [0.4, 0.5) is 0 Å². The Morgan fingerprint density at radius 3 is 1.53 bits per heavy atom. The minimum absolute atomic E-state index is 0.352. The predicted octanol–water partition coefficient (Wildman–Crippen LogP) is 4.55. The first-order valence-corrected chi connectivity index (χ1v) is 7.68. The van der Waals surface area contributed by atoms with Gasteiger partial charge in [-0.25, -0.2) is 0 Å². The van der Waals surface area contributed by atoms with E-state index >= 15 is 0 Å². The van der Waals surface area contributed by atoms with E-state index in [-0.39, 0.29) is 0 Å². The number of hydrogen-bond acceptors (Lipinski definition) is 1. The fourth-order valence-corrected chi connectivity index (χ4v) is 4.91. The van der Waals surface area contributed by atoms with Gasteiger partial charge in [-0.05, 0) is 81.5 Å².